The smallest absolute Gasteiger partial charge is 0.268 e. The van der Waals surface area contributed by atoms with Gasteiger partial charge in [0.2, 0.25) is 0 Å². The third-order valence-corrected chi connectivity index (χ3v) is 3.43. The molecule has 0 spiro atoms. The van der Waals surface area contributed by atoms with Gasteiger partial charge in [-0.2, -0.15) is 13.2 Å². The molecular formula is C10H8F3NOS. The lowest BCUT2D eigenvalue weighted by molar-refractivity contribution is -0.139. The normalized spacial score (nSPS) is 12.2. The average molecular weight is 247 g/mol. The second-order valence-corrected chi connectivity index (χ2v) is 4.53. The third kappa shape index (κ3) is 1.97. The molecule has 2 aromatic rings. The molecule has 0 unspecified atom stereocenters. The Morgan fingerprint density at radius 3 is 2.62 bits per heavy atom. The molecule has 2 rings (SSSR count). The van der Waals surface area contributed by atoms with E-state index in [2.05, 4.69) is 0 Å². The predicted molar refractivity (Wildman–Crippen MR) is 56.9 cm³/mol. The fourth-order valence-electron chi connectivity index (χ4n) is 1.49. The topological polar surface area (TPSA) is 22.0 Å². The number of nitrogens with zero attached hydrogens (tertiary/aromatic N) is 1. The minimum absolute atomic E-state index is 0.356. The van der Waals surface area contributed by atoms with Crippen molar-refractivity contribution in [3.05, 3.63) is 34.1 Å². The van der Waals surface area contributed by atoms with Crippen molar-refractivity contribution >= 4 is 21.6 Å². The SMILES string of the molecule is Cc1cccc2c(=O)n(CC(F)(F)F)sc12. The van der Waals surface area contributed by atoms with Crippen molar-refractivity contribution in [1.82, 2.24) is 3.96 Å². The van der Waals surface area contributed by atoms with Crippen LogP contribution in [-0.4, -0.2) is 10.1 Å². The van der Waals surface area contributed by atoms with Gasteiger partial charge in [-0.15, -0.1) is 0 Å². The highest BCUT2D eigenvalue weighted by molar-refractivity contribution is 7.14. The second-order valence-electron chi connectivity index (χ2n) is 3.50. The number of alkyl halides is 3. The second kappa shape index (κ2) is 3.62. The minimum Gasteiger partial charge on any atom is -0.268 e. The molecule has 0 N–H and O–H groups in total. The summed E-state index contributed by atoms with van der Waals surface area (Å²) >= 11 is 0.862. The van der Waals surface area contributed by atoms with E-state index in [1.807, 2.05) is 0 Å². The first kappa shape index (κ1) is 11.2. The molecular weight excluding hydrogens is 239 g/mol. The molecule has 0 aliphatic heterocycles. The predicted octanol–water partition coefficient (Wildman–Crippen LogP) is 2.93. The molecule has 0 atom stereocenters. The summed E-state index contributed by atoms with van der Waals surface area (Å²) in [5.41, 5.74) is 0.251. The molecule has 0 aliphatic carbocycles. The van der Waals surface area contributed by atoms with Gasteiger partial charge in [0, 0.05) is 0 Å². The molecule has 1 aromatic heterocycles. The number of aromatic nitrogens is 1. The lowest BCUT2D eigenvalue weighted by Crippen LogP contribution is -2.23. The van der Waals surface area contributed by atoms with Crippen molar-refractivity contribution in [3.8, 4) is 0 Å². The van der Waals surface area contributed by atoms with Gasteiger partial charge in [-0.05, 0) is 18.6 Å². The van der Waals surface area contributed by atoms with Gasteiger partial charge in [0.15, 0.2) is 0 Å². The highest BCUT2D eigenvalue weighted by atomic mass is 32.1. The average Bonchev–Trinajstić information content (AvgIpc) is 2.44. The van der Waals surface area contributed by atoms with E-state index in [0.717, 1.165) is 21.1 Å². The van der Waals surface area contributed by atoms with Crippen LogP contribution >= 0.6 is 11.5 Å². The Labute approximate surface area is 93.1 Å². The van der Waals surface area contributed by atoms with Gasteiger partial charge in [0.05, 0.1) is 10.1 Å². The highest BCUT2D eigenvalue weighted by Gasteiger charge is 2.29. The number of benzene rings is 1. The zero-order valence-electron chi connectivity index (χ0n) is 8.34. The first-order valence-electron chi connectivity index (χ1n) is 4.55. The summed E-state index contributed by atoms with van der Waals surface area (Å²) in [6.07, 6.45) is -4.36. The van der Waals surface area contributed by atoms with E-state index in [1.165, 1.54) is 0 Å². The number of hydrogen-bond acceptors (Lipinski definition) is 2. The molecule has 0 aliphatic rings. The quantitative estimate of drug-likeness (QED) is 0.759. The summed E-state index contributed by atoms with van der Waals surface area (Å²) in [6.45, 7) is 0.556. The molecule has 16 heavy (non-hydrogen) atoms. The standard InChI is InChI=1S/C10H8F3NOS/c1-6-3-2-4-7-8(6)16-14(9(7)15)5-10(11,12)13/h2-4H,5H2,1H3. The fraction of sp³-hybridized carbons (Fsp3) is 0.300. The van der Waals surface area contributed by atoms with Crippen molar-refractivity contribution in [1.29, 1.82) is 0 Å². The molecule has 1 aromatic carbocycles. The summed E-state index contributed by atoms with van der Waals surface area (Å²) in [6, 6.07) is 4.99. The Hall–Kier alpha value is -1.30. The van der Waals surface area contributed by atoms with E-state index in [1.54, 1.807) is 25.1 Å². The van der Waals surface area contributed by atoms with E-state index in [0.29, 0.717) is 10.1 Å². The minimum atomic E-state index is -4.36. The van der Waals surface area contributed by atoms with Gasteiger partial charge >= 0.3 is 6.18 Å². The van der Waals surface area contributed by atoms with Crippen molar-refractivity contribution in [2.45, 2.75) is 19.6 Å². The van der Waals surface area contributed by atoms with Gasteiger partial charge in [-0.25, -0.2) is 0 Å². The van der Waals surface area contributed by atoms with Crippen molar-refractivity contribution in [3.63, 3.8) is 0 Å². The van der Waals surface area contributed by atoms with Crippen LogP contribution in [0, 0.1) is 6.92 Å². The number of hydrogen-bond donors (Lipinski definition) is 0. The van der Waals surface area contributed by atoms with Crippen LogP contribution in [0.5, 0.6) is 0 Å². The lowest BCUT2D eigenvalue weighted by Gasteiger charge is -2.04. The molecule has 0 amide bonds. The van der Waals surface area contributed by atoms with Crippen LogP contribution in [0.1, 0.15) is 5.56 Å². The number of aryl methyl sites for hydroxylation is 1. The Balaban J connectivity index is 2.61. The molecule has 6 heteroatoms. The zero-order chi connectivity index (χ0) is 11.9. The van der Waals surface area contributed by atoms with E-state index in [9.17, 15) is 18.0 Å². The largest absolute Gasteiger partial charge is 0.407 e. The van der Waals surface area contributed by atoms with Crippen molar-refractivity contribution in [2.24, 2.45) is 0 Å². The van der Waals surface area contributed by atoms with Crippen molar-refractivity contribution < 1.29 is 13.2 Å². The Bertz CT molecular complexity index is 582. The summed E-state index contributed by atoms with van der Waals surface area (Å²) < 4.78 is 38.0. The lowest BCUT2D eigenvalue weighted by atomic mass is 10.2. The highest BCUT2D eigenvalue weighted by Crippen LogP contribution is 2.24. The summed E-state index contributed by atoms with van der Waals surface area (Å²) in [5.74, 6) is 0. The van der Waals surface area contributed by atoms with E-state index in [-0.39, 0.29) is 0 Å². The zero-order valence-corrected chi connectivity index (χ0v) is 9.15. The van der Waals surface area contributed by atoms with Crippen LogP contribution < -0.4 is 5.56 Å². The molecule has 0 saturated heterocycles. The summed E-state index contributed by atoms with van der Waals surface area (Å²) in [4.78, 5) is 11.6. The van der Waals surface area contributed by atoms with Gasteiger partial charge < -0.3 is 0 Å². The molecule has 0 radical (unpaired) electrons. The summed E-state index contributed by atoms with van der Waals surface area (Å²) in [7, 11) is 0. The maximum atomic E-state index is 12.2. The third-order valence-electron chi connectivity index (χ3n) is 2.19. The van der Waals surface area contributed by atoms with Gasteiger partial charge in [0.1, 0.15) is 6.54 Å². The molecule has 1 heterocycles. The van der Waals surface area contributed by atoms with Gasteiger partial charge in [0.25, 0.3) is 5.56 Å². The van der Waals surface area contributed by atoms with E-state index >= 15 is 0 Å². The number of halogens is 3. The summed E-state index contributed by atoms with van der Waals surface area (Å²) in [5, 5.41) is 0.356. The van der Waals surface area contributed by atoms with Crippen LogP contribution in [0.25, 0.3) is 10.1 Å². The van der Waals surface area contributed by atoms with E-state index < -0.39 is 18.3 Å². The molecule has 2 nitrogen and oxygen atoms in total. The first-order chi connectivity index (χ1) is 7.38. The number of rotatable bonds is 1. The molecule has 0 saturated carbocycles. The van der Waals surface area contributed by atoms with Crippen LogP contribution in [0.2, 0.25) is 0 Å². The van der Waals surface area contributed by atoms with Crippen LogP contribution in [0.15, 0.2) is 23.0 Å². The van der Waals surface area contributed by atoms with Gasteiger partial charge in [-0.3, -0.25) is 8.75 Å². The Kier molecular flexibility index (Phi) is 2.53. The fourth-order valence-corrected chi connectivity index (χ4v) is 2.57. The molecule has 86 valence electrons. The molecule has 0 fully saturated rings. The van der Waals surface area contributed by atoms with Crippen LogP contribution in [0.4, 0.5) is 13.2 Å². The maximum absolute atomic E-state index is 12.2. The van der Waals surface area contributed by atoms with Crippen LogP contribution in [-0.2, 0) is 6.54 Å². The number of fused-ring (bicyclic) bond motifs is 1. The Morgan fingerprint density at radius 2 is 2.06 bits per heavy atom. The Morgan fingerprint density at radius 1 is 1.38 bits per heavy atom. The van der Waals surface area contributed by atoms with Crippen LogP contribution in [0.3, 0.4) is 0 Å². The van der Waals surface area contributed by atoms with E-state index in [4.69, 9.17) is 0 Å². The van der Waals surface area contributed by atoms with Crippen molar-refractivity contribution in [2.75, 3.05) is 0 Å². The van der Waals surface area contributed by atoms with Gasteiger partial charge in [-0.1, -0.05) is 23.7 Å². The maximum Gasteiger partial charge on any atom is 0.407 e. The monoisotopic (exact) mass is 247 g/mol. The first-order valence-corrected chi connectivity index (χ1v) is 5.32. The molecule has 0 bridgehead atoms.